The van der Waals surface area contributed by atoms with Gasteiger partial charge in [-0.15, -0.1) is 24.0 Å². The van der Waals surface area contributed by atoms with Crippen LogP contribution in [0.1, 0.15) is 26.2 Å². The predicted octanol–water partition coefficient (Wildman–Crippen LogP) is 2.78. The van der Waals surface area contributed by atoms with Gasteiger partial charge in [-0.3, -0.25) is 9.89 Å². The molecule has 3 rings (SSSR count). The average Bonchev–Trinajstić information content (AvgIpc) is 3.49. The molecule has 2 aliphatic rings. The number of halogens is 1. The molecule has 0 aromatic heterocycles. The number of piperazine rings is 1. The quantitative estimate of drug-likeness (QED) is 0.265. The van der Waals surface area contributed by atoms with Gasteiger partial charge in [0.25, 0.3) is 0 Å². The van der Waals surface area contributed by atoms with E-state index in [1.54, 1.807) is 0 Å². The normalized spacial score (nSPS) is 18.3. The molecule has 146 valence electrons. The second-order valence-corrected chi connectivity index (χ2v) is 7.11. The first-order valence-electron chi connectivity index (χ1n) is 9.89. The molecule has 1 aliphatic heterocycles. The van der Waals surface area contributed by atoms with Crippen molar-refractivity contribution in [3.8, 4) is 0 Å². The topological polar surface area (TPSA) is 42.9 Å². The fourth-order valence-electron chi connectivity index (χ4n) is 3.24. The van der Waals surface area contributed by atoms with E-state index in [9.17, 15) is 0 Å². The van der Waals surface area contributed by atoms with Crippen LogP contribution in [0.5, 0.6) is 0 Å². The third-order valence-electron chi connectivity index (χ3n) is 4.99. The van der Waals surface area contributed by atoms with Crippen molar-refractivity contribution in [2.75, 3.05) is 57.3 Å². The summed E-state index contributed by atoms with van der Waals surface area (Å²) in [4.78, 5) is 9.74. The third kappa shape index (κ3) is 7.31. The fraction of sp³-hybridized carbons (Fsp3) is 0.650. The third-order valence-corrected chi connectivity index (χ3v) is 4.99. The first-order valence-corrected chi connectivity index (χ1v) is 9.89. The van der Waals surface area contributed by atoms with Gasteiger partial charge in [-0.1, -0.05) is 18.2 Å². The summed E-state index contributed by atoms with van der Waals surface area (Å²) in [6.07, 6.45) is 3.88. The number of para-hydroxylation sites is 1. The Kier molecular flexibility index (Phi) is 9.53. The Morgan fingerprint density at radius 3 is 2.46 bits per heavy atom. The van der Waals surface area contributed by atoms with Crippen molar-refractivity contribution in [2.24, 2.45) is 10.9 Å². The lowest BCUT2D eigenvalue weighted by Gasteiger charge is -2.36. The lowest BCUT2D eigenvalue weighted by molar-refractivity contribution is 0.255. The van der Waals surface area contributed by atoms with Gasteiger partial charge in [0.05, 0.1) is 0 Å². The first kappa shape index (κ1) is 21.3. The van der Waals surface area contributed by atoms with Crippen LogP contribution < -0.4 is 15.5 Å². The van der Waals surface area contributed by atoms with Gasteiger partial charge in [0, 0.05) is 51.5 Å². The van der Waals surface area contributed by atoms with Crippen LogP contribution in [0.2, 0.25) is 0 Å². The number of benzene rings is 1. The number of hydrogen-bond donors (Lipinski definition) is 2. The molecule has 1 saturated carbocycles. The zero-order valence-electron chi connectivity index (χ0n) is 16.0. The Hall–Kier alpha value is -1.02. The summed E-state index contributed by atoms with van der Waals surface area (Å²) in [5.74, 6) is 1.83. The van der Waals surface area contributed by atoms with Crippen molar-refractivity contribution in [1.82, 2.24) is 15.5 Å². The summed E-state index contributed by atoms with van der Waals surface area (Å²) < 4.78 is 0. The summed E-state index contributed by atoms with van der Waals surface area (Å²) in [6.45, 7) is 10.8. The lowest BCUT2D eigenvalue weighted by atomic mass is 10.2. The highest BCUT2D eigenvalue weighted by Gasteiger charge is 2.20. The highest BCUT2D eigenvalue weighted by Crippen LogP contribution is 2.28. The molecule has 1 aromatic carbocycles. The molecule has 1 heterocycles. The van der Waals surface area contributed by atoms with Crippen LogP contribution >= 0.6 is 24.0 Å². The van der Waals surface area contributed by atoms with Gasteiger partial charge in [0.15, 0.2) is 5.96 Å². The maximum atomic E-state index is 4.68. The van der Waals surface area contributed by atoms with Crippen molar-refractivity contribution in [3.05, 3.63) is 30.3 Å². The monoisotopic (exact) mass is 471 g/mol. The summed E-state index contributed by atoms with van der Waals surface area (Å²) in [6, 6.07) is 10.8. The summed E-state index contributed by atoms with van der Waals surface area (Å²) >= 11 is 0. The number of nitrogens with zero attached hydrogens (tertiary/aromatic N) is 3. The van der Waals surface area contributed by atoms with Gasteiger partial charge in [0.1, 0.15) is 0 Å². The molecule has 2 N–H and O–H groups in total. The van der Waals surface area contributed by atoms with E-state index in [-0.39, 0.29) is 24.0 Å². The van der Waals surface area contributed by atoms with Crippen molar-refractivity contribution in [1.29, 1.82) is 0 Å². The molecular formula is C20H34IN5. The van der Waals surface area contributed by atoms with Gasteiger partial charge < -0.3 is 15.5 Å². The van der Waals surface area contributed by atoms with E-state index in [1.165, 1.54) is 24.9 Å². The Morgan fingerprint density at radius 1 is 1.08 bits per heavy atom. The van der Waals surface area contributed by atoms with Gasteiger partial charge in [-0.2, -0.15) is 0 Å². The molecule has 1 saturated heterocycles. The van der Waals surface area contributed by atoms with Crippen LogP contribution in [0.3, 0.4) is 0 Å². The molecule has 0 atom stereocenters. The minimum absolute atomic E-state index is 0. The van der Waals surface area contributed by atoms with Crippen molar-refractivity contribution >= 4 is 35.6 Å². The zero-order chi connectivity index (χ0) is 17.3. The van der Waals surface area contributed by atoms with Gasteiger partial charge in [-0.25, -0.2) is 0 Å². The minimum Gasteiger partial charge on any atom is -0.369 e. The molecule has 1 aromatic rings. The van der Waals surface area contributed by atoms with Gasteiger partial charge in [0.2, 0.25) is 0 Å². The van der Waals surface area contributed by atoms with Crippen LogP contribution in [0.25, 0.3) is 0 Å². The molecular weight excluding hydrogens is 437 g/mol. The molecule has 2 fully saturated rings. The molecule has 0 unspecified atom stereocenters. The Morgan fingerprint density at radius 2 is 1.81 bits per heavy atom. The maximum Gasteiger partial charge on any atom is 0.191 e. The lowest BCUT2D eigenvalue weighted by Crippen LogP contribution is -2.47. The molecule has 5 nitrogen and oxygen atoms in total. The maximum absolute atomic E-state index is 4.68. The average molecular weight is 471 g/mol. The predicted molar refractivity (Wildman–Crippen MR) is 122 cm³/mol. The highest BCUT2D eigenvalue weighted by atomic mass is 127. The van der Waals surface area contributed by atoms with E-state index < -0.39 is 0 Å². The van der Waals surface area contributed by atoms with Gasteiger partial charge in [-0.05, 0) is 50.8 Å². The van der Waals surface area contributed by atoms with Crippen LogP contribution in [0.15, 0.2) is 35.3 Å². The second-order valence-electron chi connectivity index (χ2n) is 7.11. The van der Waals surface area contributed by atoms with E-state index in [0.717, 1.165) is 64.2 Å². The SMILES string of the molecule is CCNC(=NCC1CC1)NCCCN1CCN(c2ccccc2)CC1.I. The molecule has 1 aliphatic carbocycles. The van der Waals surface area contributed by atoms with E-state index in [1.807, 2.05) is 0 Å². The van der Waals surface area contributed by atoms with Crippen molar-refractivity contribution < 1.29 is 0 Å². The van der Waals surface area contributed by atoms with Crippen LogP contribution in [-0.4, -0.2) is 63.2 Å². The zero-order valence-corrected chi connectivity index (χ0v) is 18.3. The Labute approximate surface area is 175 Å². The number of anilines is 1. The summed E-state index contributed by atoms with van der Waals surface area (Å²) in [5, 5.41) is 6.83. The molecule has 0 radical (unpaired) electrons. The van der Waals surface area contributed by atoms with Crippen LogP contribution in [0, 0.1) is 5.92 Å². The number of rotatable bonds is 8. The minimum atomic E-state index is 0. The number of hydrogen-bond acceptors (Lipinski definition) is 3. The molecule has 26 heavy (non-hydrogen) atoms. The smallest absolute Gasteiger partial charge is 0.191 e. The molecule has 0 bridgehead atoms. The van der Waals surface area contributed by atoms with Crippen LogP contribution in [0.4, 0.5) is 5.69 Å². The largest absolute Gasteiger partial charge is 0.369 e. The van der Waals surface area contributed by atoms with Gasteiger partial charge >= 0.3 is 0 Å². The molecule has 0 spiro atoms. The van der Waals surface area contributed by atoms with E-state index in [4.69, 9.17) is 0 Å². The van der Waals surface area contributed by atoms with Crippen molar-refractivity contribution in [2.45, 2.75) is 26.2 Å². The molecule has 0 amide bonds. The van der Waals surface area contributed by atoms with E-state index in [0.29, 0.717) is 0 Å². The van der Waals surface area contributed by atoms with E-state index in [2.05, 4.69) is 62.7 Å². The Bertz CT molecular complexity index is 524. The number of aliphatic imine (C=N–C) groups is 1. The second kappa shape index (κ2) is 11.6. The summed E-state index contributed by atoms with van der Waals surface area (Å²) in [5.41, 5.74) is 1.35. The summed E-state index contributed by atoms with van der Waals surface area (Å²) in [7, 11) is 0. The Balaban J connectivity index is 0.00000243. The fourth-order valence-corrected chi connectivity index (χ4v) is 3.24. The van der Waals surface area contributed by atoms with E-state index >= 15 is 0 Å². The number of nitrogens with one attached hydrogen (secondary N) is 2. The standard InChI is InChI=1S/C20H33N5.HI/c1-2-21-20(23-17-18-9-10-18)22-11-6-12-24-13-15-25(16-14-24)19-7-4-3-5-8-19;/h3-5,7-8,18H,2,6,9-17H2,1H3,(H2,21,22,23);1H. The number of guanidine groups is 1. The van der Waals surface area contributed by atoms with Crippen molar-refractivity contribution in [3.63, 3.8) is 0 Å². The molecule has 6 heteroatoms. The highest BCUT2D eigenvalue weighted by molar-refractivity contribution is 14.0. The first-order chi connectivity index (χ1) is 12.3. The van der Waals surface area contributed by atoms with Crippen LogP contribution in [-0.2, 0) is 0 Å².